The molecule has 0 fully saturated rings. The van der Waals surface area contributed by atoms with Gasteiger partial charge in [-0.05, 0) is 5.56 Å². The Morgan fingerprint density at radius 3 is 2.56 bits per heavy atom. The number of ether oxygens (including phenoxy) is 3. The molecule has 0 saturated carbocycles. The zero-order valence-corrected chi connectivity index (χ0v) is 9.14. The van der Waals surface area contributed by atoms with Gasteiger partial charge in [0.05, 0.1) is 0 Å². The van der Waals surface area contributed by atoms with Gasteiger partial charge in [0.15, 0.2) is 0 Å². The zero-order chi connectivity index (χ0) is 11.2. The lowest BCUT2D eigenvalue weighted by Crippen LogP contribution is -2.44. The van der Waals surface area contributed by atoms with Crippen molar-refractivity contribution < 1.29 is 14.2 Å². The standard InChI is InChI=1S/C11H12N2O3/c1-14-11(15-2)13-12-10(16-11)7-8-5-3-4-6-9(8)10/h3-6H,7H2,1-2H3. The van der Waals surface area contributed by atoms with E-state index < -0.39 is 11.8 Å². The molecule has 1 aliphatic carbocycles. The van der Waals surface area contributed by atoms with Gasteiger partial charge in [-0.25, -0.2) is 0 Å². The Morgan fingerprint density at radius 2 is 1.94 bits per heavy atom. The topological polar surface area (TPSA) is 52.4 Å². The molecular weight excluding hydrogens is 208 g/mol. The summed E-state index contributed by atoms with van der Waals surface area (Å²) in [6.07, 6.45) is -0.672. The lowest BCUT2D eigenvalue weighted by Gasteiger charge is -2.37. The molecule has 1 aliphatic heterocycles. The molecule has 84 valence electrons. The average molecular weight is 220 g/mol. The second-order valence-corrected chi connectivity index (χ2v) is 3.85. The van der Waals surface area contributed by atoms with Crippen LogP contribution in [0.15, 0.2) is 34.5 Å². The molecule has 0 aromatic heterocycles. The van der Waals surface area contributed by atoms with Crippen molar-refractivity contribution >= 4 is 0 Å². The predicted molar refractivity (Wildman–Crippen MR) is 54.5 cm³/mol. The Morgan fingerprint density at radius 1 is 1.19 bits per heavy atom. The average Bonchev–Trinajstić information content (AvgIpc) is 2.71. The minimum atomic E-state index is -1.38. The minimum Gasteiger partial charge on any atom is -0.310 e. The van der Waals surface area contributed by atoms with Crippen molar-refractivity contribution in [1.29, 1.82) is 0 Å². The van der Waals surface area contributed by atoms with E-state index in [-0.39, 0.29) is 0 Å². The molecule has 1 atom stereocenters. The first-order valence-electron chi connectivity index (χ1n) is 5.06. The maximum Gasteiger partial charge on any atom is 0.415 e. The van der Waals surface area contributed by atoms with Gasteiger partial charge in [0, 0.05) is 26.2 Å². The van der Waals surface area contributed by atoms with Crippen LogP contribution in [0.5, 0.6) is 0 Å². The second kappa shape index (κ2) is 3.10. The van der Waals surface area contributed by atoms with E-state index in [2.05, 4.69) is 16.3 Å². The van der Waals surface area contributed by atoms with Gasteiger partial charge < -0.3 is 9.47 Å². The SMILES string of the molecule is COC1(OC)N=NC2(Cc3ccccc32)O1. The smallest absolute Gasteiger partial charge is 0.310 e. The van der Waals surface area contributed by atoms with E-state index in [1.165, 1.54) is 19.8 Å². The third kappa shape index (κ3) is 1.10. The number of hydrogen-bond acceptors (Lipinski definition) is 5. The van der Waals surface area contributed by atoms with Crippen molar-refractivity contribution in [2.75, 3.05) is 14.2 Å². The molecule has 2 aliphatic rings. The molecule has 0 bridgehead atoms. The fraction of sp³-hybridized carbons (Fsp3) is 0.455. The van der Waals surface area contributed by atoms with Gasteiger partial charge >= 0.3 is 6.10 Å². The van der Waals surface area contributed by atoms with Crippen molar-refractivity contribution in [2.45, 2.75) is 18.2 Å². The predicted octanol–water partition coefficient (Wildman–Crippen LogP) is 1.78. The van der Waals surface area contributed by atoms with Crippen molar-refractivity contribution in [3.8, 4) is 0 Å². The molecule has 3 rings (SSSR count). The fourth-order valence-corrected chi connectivity index (χ4v) is 2.13. The van der Waals surface area contributed by atoms with Crippen LogP contribution in [0.3, 0.4) is 0 Å². The van der Waals surface area contributed by atoms with E-state index in [0.717, 1.165) is 5.56 Å². The van der Waals surface area contributed by atoms with Crippen LogP contribution in [0.25, 0.3) is 0 Å². The van der Waals surface area contributed by atoms with Crippen molar-refractivity contribution in [1.82, 2.24) is 0 Å². The number of nitrogens with zero attached hydrogens (tertiary/aromatic N) is 2. The molecule has 16 heavy (non-hydrogen) atoms. The summed E-state index contributed by atoms with van der Waals surface area (Å²) < 4.78 is 15.9. The molecule has 5 nitrogen and oxygen atoms in total. The molecule has 1 aromatic rings. The van der Waals surface area contributed by atoms with Crippen molar-refractivity contribution in [2.24, 2.45) is 10.2 Å². The molecule has 5 heteroatoms. The van der Waals surface area contributed by atoms with Gasteiger partial charge in [-0.3, -0.25) is 4.74 Å². The number of fused-ring (bicyclic) bond motifs is 2. The van der Waals surface area contributed by atoms with Gasteiger partial charge in [-0.2, -0.15) is 0 Å². The van der Waals surface area contributed by atoms with Crippen LogP contribution in [0.2, 0.25) is 0 Å². The summed E-state index contributed by atoms with van der Waals surface area (Å²) in [7, 11) is 2.96. The summed E-state index contributed by atoms with van der Waals surface area (Å²) in [6, 6.07) is 7.99. The highest BCUT2D eigenvalue weighted by molar-refractivity contribution is 5.42. The Bertz CT molecular complexity index is 456. The number of rotatable bonds is 2. The molecule has 0 radical (unpaired) electrons. The van der Waals surface area contributed by atoms with Crippen LogP contribution in [0.4, 0.5) is 0 Å². The summed E-state index contributed by atoms with van der Waals surface area (Å²) in [5.74, 6) is 0. The Kier molecular flexibility index (Phi) is 1.92. The number of hydrogen-bond donors (Lipinski definition) is 0. The summed E-state index contributed by atoms with van der Waals surface area (Å²) in [6.45, 7) is 0. The molecule has 0 amide bonds. The molecule has 0 N–H and O–H groups in total. The number of benzene rings is 1. The first-order chi connectivity index (χ1) is 7.74. The third-order valence-corrected chi connectivity index (χ3v) is 3.02. The molecule has 1 heterocycles. The zero-order valence-electron chi connectivity index (χ0n) is 9.14. The summed E-state index contributed by atoms with van der Waals surface area (Å²) in [4.78, 5) is 0. The molecule has 1 unspecified atom stereocenters. The second-order valence-electron chi connectivity index (χ2n) is 3.85. The highest BCUT2D eigenvalue weighted by Gasteiger charge is 2.56. The number of methoxy groups -OCH3 is 2. The van der Waals surface area contributed by atoms with Crippen LogP contribution in [0.1, 0.15) is 11.1 Å². The summed E-state index contributed by atoms with van der Waals surface area (Å²) in [5, 5.41) is 8.10. The first-order valence-corrected chi connectivity index (χ1v) is 5.06. The maximum atomic E-state index is 5.72. The summed E-state index contributed by atoms with van der Waals surface area (Å²) in [5.41, 5.74) is 1.56. The highest BCUT2D eigenvalue weighted by atomic mass is 16.9. The lowest BCUT2D eigenvalue weighted by molar-refractivity contribution is -0.376. The lowest BCUT2D eigenvalue weighted by atomic mass is 9.80. The molecular formula is C11H12N2O3. The minimum absolute atomic E-state index is 0.706. The number of azo groups is 1. The van der Waals surface area contributed by atoms with E-state index in [1.54, 1.807) is 0 Å². The van der Waals surface area contributed by atoms with Gasteiger partial charge in [-0.1, -0.05) is 29.4 Å². The quantitative estimate of drug-likeness (QED) is 0.714. The van der Waals surface area contributed by atoms with Gasteiger partial charge in [0.1, 0.15) is 0 Å². The van der Waals surface area contributed by atoms with E-state index in [0.29, 0.717) is 6.42 Å². The van der Waals surface area contributed by atoms with Gasteiger partial charge in [0.2, 0.25) is 5.72 Å². The Hall–Kier alpha value is -1.30. The van der Waals surface area contributed by atoms with Crippen LogP contribution in [0, 0.1) is 0 Å². The Labute approximate surface area is 93.0 Å². The summed E-state index contributed by atoms with van der Waals surface area (Å²) >= 11 is 0. The normalized spacial score (nSPS) is 29.1. The largest absolute Gasteiger partial charge is 0.415 e. The van der Waals surface area contributed by atoms with E-state index in [9.17, 15) is 0 Å². The first kappa shape index (κ1) is 9.89. The van der Waals surface area contributed by atoms with E-state index in [4.69, 9.17) is 14.2 Å². The Balaban J connectivity index is 1.95. The van der Waals surface area contributed by atoms with E-state index in [1.807, 2.05) is 18.2 Å². The van der Waals surface area contributed by atoms with Gasteiger partial charge in [-0.15, -0.1) is 5.11 Å². The van der Waals surface area contributed by atoms with Crippen molar-refractivity contribution in [3.63, 3.8) is 0 Å². The highest BCUT2D eigenvalue weighted by Crippen LogP contribution is 2.50. The van der Waals surface area contributed by atoms with Crippen LogP contribution in [-0.2, 0) is 26.4 Å². The molecule has 1 spiro atoms. The van der Waals surface area contributed by atoms with E-state index >= 15 is 0 Å². The molecule has 1 aromatic carbocycles. The fourth-order valence-electron chi connectivity index (χ4n) is 2.13. The van der Waals surface area contributed by atoms with Crippen LogP contribution < -0.4 is 0 Å². The van der Waals surface area contributed by atoms with Gasteiger partial charge in [0.25, 0.3) is 0 Å². The molecule has 0 saturated heterocycles. The maximum absolute atomic E-state index is 5.72. The van der Waals surface area contributed by atoms with Crippen molar-refractivity contribution in [3.05, 3.63) is 35.4 Å². The monoisotopic (exact) mass is 220 g/mol. The third-order valence-electron chi connectivity index (χ3n) is 3.02. The van der Waals surface area contributed by atoms with Crippen LogP contribution >= 0.6 is 0 Å². The van der Waals surface area contributed by atoms with Crippen LogP contribution in [-0.4, -0.2) is 20.3 Å².